The van der Waals surface area contributed by atoms with Gasteiger partial charge in [0.2, 0.25) is 0 Å². The van der Waals surface area contributed by atoms with Crippen molar-refractivity contribution in [1.82, 2.24) is 30.2 Å². The summed E-state index contributed by atoms with van der Waals surface area (Å²) in [5.41, 5.74) is 0.769. The molecule has 3 heterocycles. The number of anilines is 1. The van der Waals surface area contributed by atoms with Gasteiger partial charge in [0.25, 0.3) is 5.91 Å². The number of fused-ring (bicyclic) bond motifs is 1. The van der Waals surface area contributed by atoms with Crippen LogP contribution in [0.2, 0.25) is 0 Å². The summed E-state index contributed by atoms with van der Waals surface area (Å²) in [6.45, 7) is 0.351. The fraction of sp³-hybridized carbons (Fsp3) is 0.154. The van der Waals surface area contributed by atoms with Crippen molar-refractivity contribution in [2.24, 2.45) is 0 Å². The molecule has 10 heteroatoms. The van der Waals surface area contributed by atoms with Gasteiger partial charge in [-0.25, -0.2) is 19.3 Å². The Morgan fingerprint density at radius 3 is 2.96 bits per heavy atom. The molecule has 3 N–H and O–H groups in total. The molecule has 0 fully saturated rings. The van der Waals surface area contributed by atoms with Gasteiger partial charge < -0.3 is 10.6 Å². The minimum atomic E-state index is -0.380. The highest BCUT2D eigenvalue weighted by molar-refractivity contribution is 7.09. The third kappa shape index (κ3) is 3.43. The number of hydrogen-bond acceptors (Lipinski definition) is 6. The first-order chi connectivity index (χ1) is 11.2. The lowest BCUT2D eigenvalue weighted by Gasteiger charge is -2.02. The average molecular weight is 331 g/mol. The largest absolute Gasteiger partial charge is 0.344 e. The van der Waals surface area contributed by atoms with E-state index in [-0.39, 0.29) is 17.6 Å². The Morgan fingerprint density at radius 1 is 1.35 bits per heavy atom. The van der Waals surface area contributed by atoms with E-state index in [0.717, 1.165) is 5.01 Å². The molecule has 3 rings (SSSR count). The third-order valence-electron chi connectivity index (χ3n) is 2.90. The maximum absolute atomic E-state index is 12.1. The van der Waals surface area contributed by atoms with Crippen LogP contribution in [0.15, 0.2) is 29.9 Å². The zero-order valence-electron chi connectivity index (χ0n) is 12.1. The summed E-state index contributed by atoms with van der Waals surface area (Å²) in [5, 5.41) is 14.6. The second kappa shape index (κ2) is 6.40. The quantitative estimate of drug-likeness (QED) is 0.656. The first-order valence-electron chi connectivity index (χ1n) is 6.67. The number of nitrogens with zero attached hydrogens (tertiary/aromatic N) is 4. The molecule has 0 unspecified atom stereocenters. The topological polar surface area (TPSA) is 113 Å². The minimum Gasteiger partial charge on any atom is -0.344 e. The molecule has 0 aliphatic carbocycles. The normalized spacial score (nSPS) is 10.5. The highest BCUT2D eigenvalue weighted by atomic mass is 32.1. The molecule has 0 saturated carbocycles. The second-order valence-corrected chi connectivity index (χ2v) is 5.44. The van der Waals surface area contributed by atoms with E-state index in [1.807, 2.05) is 5.38 Å². The van der Waals surface area contributed by atoms with Crippen LogP contribution in [0.5, 0.6) is 0 Å². The molecule has 118 valence electrons. The van der Waals surface area contributed by atoms with Gasteiger partial charge in [-0.05, 0) is 12.1 Å². The maximum atomic E-state index is 12.1. The molecular formula is C13H13N7O2S. The molecule has 0 spiro atoms. The van der Waals surface area contributed by atoms with Crippen molar-refractivity contribution in [3.05, 3.63) is 40.6 Å². The lowest BCUT2D eigenvalue weighted by molar-refractivity contribution is 0.0944. The van der Waals surface area contributed by atoms with Gasteiger partial charge in [-0.2, -0.15) is 5.10 Å². The standard InChI is InChI=1S/C13H13N7O2S/c1-14-13(22)18-9-7-20-10(17-9)3-2-8(19-20)12(21)16-6-11-15-4-5-23-11/h2-5,7H,6H2,1H3,(H,16,21)(H2,14,18,22). The number of thiazole rings is 1. The number of carbonyl (C=O) groups excluding carboxylic acids is 2. The van der Waals surface area contributed by atoms with Crippen LogP contribution in [-0.2, 0) is 6.54 Å². The van der Waals surface area contributed by atoms with Gasteiger partial charge in [-0.1, -0.05) is 0 Å². The van der Waals surface area contributed by atoms with Crippen molar-refractivity contribution in [2.45, 2.75) is 6.54 Å². The van der Waals surface area contributed by atoms with Gasteiger partial charge in [0.15, 0.2) is 11.5 Å². The van der Waals surface area contributed by atoms with Gasteiger partial charge in [0, 0.05) is 18.6 Å². The molecular weight excluding hydrogens is 318 g/mol. The van der Waals surface area contributed by atoms with E-state index < -0.39 is 0 Å². The summed E-state index contributed by atoms with van der Waals surface area (Å²) in [7, 11) is 1.51. The average Bonchev–Trinajstić information content (AvgIpc) is 3.20. The number of hydrogen-bond donors (Lipinski definition) is 3. The Labute approximate surface area is 134 Å². The number of imidazole rings is 1. The smallest absolute Gasteiger partial charge is 0.320 e. The molecule has 3 aromatic heterocycles. The van der Waals surface area contributed by atoms with Crippen molar-refractivity contribution in [3.63, 3.8) is 0 Å². The fourth-order valence-electron chi connectivity index (χ4n) is 1.83. The molecule has 23 heavy (non-hydrogen) atoms. The van der Waals surface area contributed by atoms with Crippen LogP contribution in [0.4, 0.5) is 10.6 Å². The summed E-state index contributed by atoms with van der Waals surface area (Å²) in [5.74, 6) is 0.0359. The molecule has 9 nitrogen and oxygen atoms in total. The Kier molecular flexibility index (Phi) is 4.15. The molecule has 0 radical (unpaired) electrons. The summed E-state index contributed by atoms with van der Waals surface area (Å²) in [4.78, 5) is 31.6. The summed E-state index contributed by atoms with van der Waals surface area (Å²) in [6.07, 6.45) is 3.21. The monoisotopic (exact) mass is 331 g/mol. The molecule has 3 aromatic rings. The Hall–Kier alpha value is -3.01. The molecule has 0 aromatic carbocycles. The molecule has 0 atom stereocenters. The number of urea groups is 1. The van der Waals surface area contributed by atoms with Crippen LogP contribution >= 0.6 is 11.3 Å². The Morgan fingerprint density at radius 2 is 2.22 bits per heavy atom. The predicted molar refractivity (Wildman–Crippen MR) is 84.3 cm³/mol. The minimum absolute atomic E-state index is 0.248. The Balaban J connectivity index is 1.73. The molecule has 3 amide bonds. The van der Waals surface area contributed by atoms with Crippen LogP contribution in [0, 0.1) is 0 Å². The van der Waals surface area contributed by atoms with Crippen molar-refractivity contribution < 1.29 is 9.59 Å². The summed E-state index contributed by atoms with van der Waals surface area (Å²) >= 11 is 1.47. The summed E-state index contributed by atoms with van der Waals surface area (Å²) in [6, 6.07) is 2.85. The first-order valence-corrected chi connectivity index (χ1v) is 7.55. The van der Waals surface area contributed by atoms with Crippen LogP contribution in [0.25, 0.3) is 5.65 Å². The van der Waals surface area contributed by atoms with Crippen LogP contribution < -0.4 is 16.0 Å². The predicted octanol–water partition coefficient (Wildman–Crippen LogP) is 0.867. The SMILES string of the molecule is CNC(=O)Nc1cn2nc(C(=O)NCc3nccs3)ccc2n1. The first kappa shape index (κ1) is 14.9. The van der Waals surface area contributed by atoms with Crippen molar-refractivity contribution in [3.8, 4) is 0 Å². The molecule has 0 aliphatic rings. The van der Waals surface area contributed by atoms with Crippen LogP contribution in [0.3, 0.4) is 0 Å². The van der Waals surface area contributed by atoms with Gasteiger partial charge in [-0.15, -0.1) is 11.3 Å². The van der Waals surface area contributed by atoms with Crippen LogP contribution in [0.1, 0.15) is 15.5 Å². The fourth-order valence-corrected chi connectivity index (χ4v) is 2.38. The van der Waals surface area contributed by atoms with Crippen molar-refractivity contribution >= 4 is 34.7 Å². The van der Waals surface area contributed by atoms with Gasteiger partial charge in [0.1, 0.15) is 10.7 Å². The lowest BCUT2D eigenvalue weighted by atomic mass is 10.3. The zero-order valence-corrected chi connectivity index (χ0v) is 12.9. The number of aromatic nitrogens is 4. The lowest BCUT2D eigenvalue weighted by Crippen LogP contribution is -2.24. The van der Waals surface area contributed by atoms with Gasteiger partial charge in [-0.3, -0.25) is 10.1 Å². The summed E-state index contributed by atoms with van der Waals surface area (Å²) < 4.78 is 1.43. The van der Waals surface area contributed by atoms with E-state index in [2.05, 4.69) is 31.0 Å². The zero-order chi connectivity index (χ0) is 16.2. The van der Waals surface area contributed by atoms with Crippen molar-refractivity contribution in [2.75, 3.05) is 12.4 Å². The van der Waals surface area contributed by atoms with E-state index in [1.54, 1.807) is 18.3 Å². The van der Waals surface area contributed by atoms with E-state index in [1.165, 1.54) is 29.1 Å². The van der Waals surface area contributed by atoms with Crippen molar-refractivity contribution in [1.29, 1.82) is 0 Å². The third-order valence-corrected chi connectivity index (χ3v) is 3.68. The Bertz CT molecular complexity index is 843. The van der Waals surface area contributed by atoms with Gasteiger partial charge in [0.05, 0.1) is 12.7 Å². The van der Waals surface area contributed by atoms with E-state index in [0.29, 0.717) is 18.0 Å². The number of nitrogens with one attached hydrogen (secondary N) is 3. The molecule has 0 saturated heterocycles. The van der Waals surface area contributed by atoms with E-state index in [9.17, 15) is 9.59 Å². The maximum Gasteiger partial charge on any atom is 0.320 e. The van der Waals surface area contributed by atoms with E-state index in [4.69, 9.17) is 0 Å². The van der Waals surface area contributed by atoms with E-state index >= 15 is 0 Å². The number of carbonyl (C=O) groups is 2. The number of rotatable bonds is 4. The van der Waals surface area contributed by atoms with Crippen LogP contribution in [-0.4, -0.2) is 38.6 Å². The van der Waals surface area contributed by atoms with Gasteiger partial charge >= 0.3 is 6.03 Å². The highest BCUT2D eigenvalue weighted by Crippen LogP contribution is 2.09. The molecule has 0 bridgehead atoms. The highest BCUT2D eigenvalue weighted by Gasteiger charge is 2.11. The number of amides is 3. The second-order valence-electron chi connectivity index (χ2n) is 4.46. The molecule has 0 aliphatic heterocycles.